The van der Waals surface area contributed by atoms with E-state index in [9.17, 15) is 43.2 Å². The van der Waals surface area contributed by atoms with E-state index in [1.54, 1.807) is 41.5 Å². The van der Waals surface area contributed by atoms with Crippen molar-refractivity contribution in [3.63, 3.8) is 0 Å². The van der Waals surface area contributed by atoms with Crippen molar-refractivity contribution >= 4 is 52.7 Å². The molecule has 2 aliphatic heterocycles. The van der Waals surface area contributed by atoms with Gasteiger partial charge >= 0.3 is 12.2 Å². The predicted octanol–water partition coefficient (Wildman–Crippen LogP) is 5.63. The molecule has 2 saturated heterocycles. The summed E-state index contributed by atoms with van der Waals surface area (Å²) in [7, 11) is 0. The molecule has 0 aromatic heterocycles. The number of nitrogens with zero attached hydrogens (tertiary/aromatic N) is 2. The number of carbonyl (C=O) groups is 9. The van der Waals surface area contributed by atoms with Crippen molar-refractivity contribution < 1.29 is 52.6 Å². The first-order chi connectivity index (χ1) is 25.3. The van der Waals surface area contributed by atoms with E-state index in [0.717, 1.165) is 0 Å². The minimum absolute atomic E-state index is 0.00824. The van der Waals surface area contributed by atoms with E-state index in [4.69, 9.17) is 9.47 Å². The highest BCUT2D eigenvalue weighted by atomic mass is 16.6. The lowest BCUT2D eigenvalue weighted by Crippen LogP contribution is -2.41. The van der Waals surface area contributed by atoms with Crippen molar-refractivity contribution in [3.8, 4) is 0 Å². The van der Waals surface area contributed by atoms with Crippen molar-refractivity contribution in [1.29, 1.82) is 0 Å². The Hall–Kier alpha value is -5.33. The van der Waals surface area contributed by atoms with Gasteiger partial charge in [-0.15, -0.1) is 0 Å². The average molecular weight is 741 g/mol. The summed E-state index contributed by atoms with van der Waals surface area (Å²) in [4.78, 5) is 123. The number of amides is 2. The number of carbonyl (C=O) groups excluding carboxylic acids is 9. The molecule has 2 aliphatic carbocycles. The maximum atomic E-state index is 13.7. The molecule has 4 aliphatic rings. The van der Waals surface area contributed by atoms with Crippen LogP contribution in [-0.4, -0.2) is 98.8 Å². The van der Waals surface area contributed by atoms with Gasteiger partial charge in [0.15, 0.2) is 40.5 Å². The van der Waals surface area contributed by atoms with E-state index in [1.165, 1.54) is 46.2 Å². The third-order valence-corrected chi connectivity index (χ3v) is 10.2. The molecular formula is C41H44N2O11. The fraction of sp³-hybridized carbons (Fsp3) is 0.488. The van der Waals surface area contributed by atoms with Gasteiger partial charge in [-0.1, -0.05) is 12.1 Å². The lowest BCUT2D eigenvalue weighted by Gasteiger charge is -2.28. The van der Waals surface area contributed by atoms with Crippen molar-refractivity contribution in [3.05, 3.63) is 69.8 Å². The summed E-state index contributed by atoms with van der Waals surface area (Å²) in [6, 6.07) is 6.80. The average Bonchev–Trinajstić information content (AvgIpc) is 3.84. The van der Waals surface area contributed by atoms with Crippen LogP contribution < -0.4 is 0 Å². The van der Waals surface area contributed by atoms with E-state index >= 15 is 0 Å². The first-order valence-electron chi connectivity index (χ1n) is 18.3. The molecular weight excluding hydrogens is 696 g/mol. The number of ether oxygens (including phenoxy) is 2. The van der Waals surface area contributed by atoms with Gasteiger partial charge in [-0.3, -0.25) is 33.6 Å². The Labute approximate surface area is 312 Å². The quantitative estimate of drug-likeness (QED) is 0.242. The number of fused-ring (bicyclic) bond motifs is 2. The molecule has 0 radical (unpaired) electrons. The molecule has 2 heterocycles. The van der Waals surface area contributed by atoms with Crippen LogP contribution in [0.4, 0.5) is 9.59 Å². The Kier molecular flexibility index (Phi) is 10.1. The summed E-state index contributed by atoms with van der Waals surface area (Å²) in [6.45, 7) is 11.2. The van der Waals surface area contributed by atoms with Crippen LogP contribution in [0.2, 0.25) is 0 Å². The zero-order valence-corrected chi connectivity index (χ0v) is 31.3. The molecule has 2 fully saturated rings. The van der Waals surface area contributed by atoms with E-state index in [1.807, 2.05) is 0 Å². The van der Waals surface area contributed by atoms with Gasteiger partial charge in [0.05, 0.1) is 0 Å². The van der Waals surface area contributed by atoms with Gasteiger partial charge in [-0.2, -0.15) is 0 Å². The zero-order chi connectivity index (χ0) is 39.4. The van der Waals surface area contributed by atoms with Crippen molar-refractivity contribution in [2.75, 3.05) is 13.1 Å². The van der Waals surface area contributed by atoms with E-state index in [-0.39, 0.29) is 46.2 Å². The number of ketones is 7. The lowest BCUT2D eigenvalue weighted by atomic mass is 9.93. The SMILES string of the molecule is CC(C)(C)OC(=O)N1CCC[C@H]1CC(=O)C1C(=O)c2ccc(C(=O)c3ccc4c(c3)C(=O)C(C(=O)C[C@@H]3CCCN3C(=O)OC(C)(C)C)C4=O)cc2C1=O. The standard InChI is InChI=1S/C41H44N2O11/c1-40(2,3)53-38(51)42-15-7-9-23(42)19-29(44)31-34(47)25-13-11-21(17-27(25)36(31)49)33(46)22-12-14-26-28(18-22)37(50)32(35(26)48)30(45)20-24-10-8-16-43(24)39(52)54-41(4,5)6/h11-14,17-18,23-24,31-32H,7-10,15-16,19-20H2,1-6H3/t23-,24-,31?,32?/m0/s1. The van der Waals surface area contributed by atoms with Crippen LogP contribution in [0.5, 0.6) is 0 Å². The van der Waals surface area contributed by atoms with Crippen LogP contribution in [0.3, 0.4) is 0 Å². The maximum absolute atomic E-state index is 13.7. The smallest absolute Gasteiger partial charge is 0.410 e. The predicted molar refractivity (Wildman–Crippen MR) is 192 cm³/mol. The summed E-state index contributed by atoms with van der Waals surface area (Å²) in [5.74, 6) is -7.86. The Morgan fingerprint density at radius 2 is 0.926 bits per heavy atom. The van der Waals surface area contributed by atoms with Crippen molar-refractivity contribution in [2.45, 2.75) is 103 Å². The van der Waals surface area contributed by atoms with Crippen LogP contribution >= 0.6 is 0 Å². The second-order valence-electron chi connectivity index (χ2n) is 16.5. The number of hydrogen-bond donors (Lipinski definition) is 0. The van der Waals surface area contributed by atoms with Gasteiger partial charge in [0.25, 0.3) is 0 Å². The number of Topliss-reactive ketones (excluding diaryl/α,β-unsaturated/α-hetero) is 6. The number of likely N-dealkylation sites (tertiary alicyclic amines) is 2. The fourth-order valence-corrected chi connectivity index (χ4v) is 7.74. The largest absolute Gasteiger partial charge is 0.444 e. The molecule has 6 rings (SSSR count). The van der Waals surface area contributed by atoms with Crippen LogP contribution in [0, 0.1) is 11.8 Å². The van der Waals surface area contributed by atoms with Crippen LogP contribution in [0.1, 0.15) is 137 Å². The van der Waals surface area contributed by atoms with Crippen molar-refractivity contribution in [2.24, 2.45) is 11.8 Å². The summed E-state index contributed by atoms with van der Waals surface area (Å²) in [5, 5.41) is 0. The van der Waals surface area contributed by atoms with Crippen LogP contribution in [0.25, 0.3) is 0 Å². The second kappa shape index (κ2) is 14.1. The second-order valence-corrected chi connectivity index (χ2v) is 16.5. The molecule has 4 atom stereocenters. The van der Waals surface area contributed by atoms with Crippen LogP contribution in [-0.2, 0) is 19.1 Å². The Bertz CT molecular complexity index is 1880. The first-order valence-corrected chi connectivity index (χ1v) is 18.3. The highest BCUT2D eigenvalue weighted by molar-refractivity contribution is 6.37. The molecule has 0 N–H and O–H groups in total. The van der Waals surface area contributed by atoms with Gasteiger partial charge in [0, 0.05) is 71.4 Å². The number of rotatable bonds is 8. The number of benzene rings is 2. The maximum Gasteiger partial charge on any atom is 0.410 e. The fourth-order valence-electron chi connectivity index (χ4n) is 7.74. The number of hydrogen-bond acceptors (Lipinski definition) is 11. The third kappa shape index (κ3) is 7.40. The monoisotopic (exact) mass is 740 g/mol. The topological polar surface area (TPSA) is 179 Å². The van der Waals surface area contributed by atoms with Gasteiger partial charge in [-0.25, -0.2) is 9.59 Å². The Morgan fingerprint density at radius 1 is 0.574 bits per heavy atom. The van der Waals surface area contributed by atoms with E-state index < -0.39 is 87.8 Å². The lowest BCUT2D eigenvalue weighted by molar-refractivity contribution is -0.122. The summed E-state index contributed by atoms with van der Waals surface area (Å²) in [6.07, 6.45) is 0.788. The Morgan fingerprint density at radius 3 is 1.28 bits per heavy atom. The van der Waals surface area contributed by atoms with Gasteiger partial charge in [0.2, 0.25) is 0 Å². The van der Waals surface area contributed by atoms with Gasteiger partial charge < -0.3 is 19.3 Å². The molecule has 2 unspecified atom stereocenters. The molecule has 13 heteroatoms. The molecule has 0 spiro atoms. The highest BCUT2D eigenvalue weighted by Crippen LogP contribution is 2.35. The van der Waals surface area contributed by atoms with E-state index in [2.05, 4.69) is 0 Å². The molecule has 2 amide bonds. The molecule has 2 aromatic carbocycles. The molecule has 0 saturated carbocycles. The molecule has 54 heavy (non-hydrogen) atoms. The van der Waals surface area contributed by atoms with Crippen LogP contribution in [0.15, 0.2) is 36.4 Å². The minimum atomic E-state index is -1.59. The zero-order valence-electron chi connectivity index (χ0n) is 31.3. The summed E-state index contributed by atoms with van der Waals surface area (Å²) >= 11 is 0. The Balaban J connectivity index is 1.14. The van der Waals surface area contributed by atoms with Gasteiger partial charge in [-0.05, 0) is 91.5 Å². The van der Waals surface area contributed by atoms with E-state index in [0.29, 0.717) is 38.8 Å². The van der Waals surface area contributed by atoms with Gasteiger partial charge in [0.1, 0.15) is 23.0 Å². The minimum Gasteiger partial charge on any atom is -0.444 e. The van der Waals surface area contributed by atoms with Crippen molar-refractivity contribution in [1.82, 2.24) is 9.80 Å². The first kappa shape index (κ1) is 38.4. The molecule has 13 nitrogen and oxygen atoms in total. The molecule has 284 valence electrons. The summed E-state index contributed by atoms with van der Waals surface area (Å²) in [5.41, 5.74) is -1.58. The molecule has 2 aromatic rings. The highest BCUT2D eigenvalue weighted by Gasteiger charge is 2.47. The summed E-state index contributed by atoms with van der Waals surface area (Å²) < 4.78 is 10.9. The molecule has 0 bridgehead atoms. The third-order valence-electron chi connectivity index (χ3n) is 10.2. The normalized spacial score (nSPS) is 22.4.